The van der Waals surface area contributed by atoms with Crippen molar-refractivity contribution >= 4 is 17.6 Å². The number of pyridine rings is 1. The Kier molecular flexibility index (Phi) is 3.95. The Morgan fingerprint density at radius 3 is 3.00 bits per heavy atom. The van der Waals surface area contributed by atoms with Gasteiger partial charge in [0, 0.05) is 6.42 Å². The SMILES string of the molecule is C#CCCOc1nc(Cl)ccc1C(=O)O. The molecule has 1 aromatic heterocycles. The first kappa shape index (κ1) is 11.3. The van der Waals surface area contributed by atoms with Gasteiger partial charge in [0.2, 0.25) is 5.88 Å². The van der Waals surface area contributed by atoms with Crippen LogP contribution in [-0.4, -0.2) is 22.7 Å². The van der Waals surface area contributed by atoms with Gasteiger partial charge in [0.25, 0.3) is 0 Å². The van der Waals surface area contributed by atoms with E-state index in [1.807, 2.05) is 0 Å². The lowest BCUT2D eigenvalue weighted by Gasteiger charge is -2.06. The molecule has 1 heterocycles. The number of ether oxygens (including phenoxy) is 1. The molecule has 0 amide bonds. The van der Waals surface area contributed by atoms with Gasteiger partial charge in [-0.05, 0) is 12.1 Å². The van der Waals surface area contributed by atoms with E-state index in [9.17, 15) is 4.79 Å². The smallest absolute Gasteiger partial charge is 0.341 e. The summed E-state index contributed by atoms with van der Waals surface area (Å²) in [5.74, 6) is 1.24. The second kappa shape index (κ2) is 5.23. The summed E-state index contributed by atoms with van der Waals surface area (Å²) in [5.41, 5.74) is -0.0311. The van der Waals surface area contributed by atoms with Crippen molar-refractivity contribution in [2.75, 3.05) is 6.61 Å². The number of carboxylic acid groups (broad SMARTS) is 1. The topological polar surface area (TPSA) is 59.4 Å². The number of aromatic nitrogens is 1. The Hall–Kier alpha value is -1.73. The highest BCUT2D eigenvalue weighted by Gasteiger charge is 2.12. The summed E-state index contributed by atoms with van der Waals surface area (Å²) in [6.07, 6.45) is 5.41. The van der Waals surface area contributed by atoms with Crippen LogP contribution in [0.2, 0.25) is 5.15 Å². The number of hydrogen-bond donors (Lipinski definition) is 1. The van der Waals surface area contributed by atoms with E-state index >= 15 is 0 Å². The molecule has 0 spiro atoms. The standard InChI is InChI=1S/C10H8ClNO3/c1-2-3-6-15-9-7(10(13)14)4-5-8(11)12-9/h1,4-5H,3,6H2,(H,13,14). The lowest BCUT2D eigenvalue weighted by molar-refractivity contribution is 0.0691. The van der Waals surface area contributed by atoms with Gasteiger partial charge in [0.15, 0.2) is 0 Å². The number of carboxylic acids is 1. The quantitative estimate of drug-likeness (QED) is 0.483. The van der Waals surface area contributed by atoms with Crippen LogP contribution < -0.4 is 4.74 Å². The minimum Gasteiger partial charge on any atom is -0.477 e. The van der Waals surface area contributed by atoms with E-state index in [-0.39, 0.29) is 23.2 Å². The van der Waals surface area contributed by atoms with Crippen molar-refractivity contribution in [2.45, 2.75) is 6.42 Å². The fraction of sp³-hybridized carbons (Fsp3) is 0.200. The van der Waals surface area contributed by atoms with Crippen LogP contribution in [0.1, 0.15) is 16.8 Å². The zero-order valence-electron chi connectivity index (χ0n) is 7.74. The second-order valence-corrected chi connectivity index (χ2v) is 2.98. The lowest BCUT2D eigenvalue weighted by atomic mass is 10.3. The van der Waals surface area contributed by atoms with Crippen molar-refractivity contribution in [3.63, 3.8) is 0 Å². The number of hydrogen-bond acceptors (Lipinski definition) is 3. The van der Waals surface area contributed by atoms with Crippen molar-refractivity contribution in [1.82, 2.24) is 4.98 Å². The molecule has 4 nitrogen and oxygen atoms in total. The number of nitrogens with zero attached hydrogens (tertiary/aromatic N) is 1. The highest BCUT2D eigenvalue weighted by atomic mass is 35.5. The first-order valence-corrected chi connectivity index (χ1v) is 4.49. The molecule has 5 heteroatoms. The summed E-state index contributed by atoms with van der Waals surface area (Å²) in [6, 6.07) is 2.72. The summed E-state index contributed by atoms with van der Waals surface area (Å²) in [6.45, 7) is 0.212. The number of halogens is 1. The molecule has 1 aromatic rings. The van der Waals surface area contributed by atoms with Crippen molar-refractivity contribution in [2.24, 2.45) is 0 Å². The Morgan fingerprint density at radius 2 is 2.40 bits per heavy atom. The highest BCUT2D eigenvalue weighted by molar-refractivity contribution is 6.29. The van der Waals surface area contributed by atoms with Crippen LogP contribution >= 0.6 is 11.6 Å². The number of carbonyl (C=O) groups is 1. The first-order valence-electron chi connectivity index (χ1n) is 4.11. The van der Waals surface area contributed by atoms with Gasteiger partial charge in [-0.3, -0.25) is 0 Å². The van der Waals surface area contributed by atoms with Crippen LogP contribution in [0.4, 0.5) is 0 Å². The molecule has 0 saturated heterocycles. The normalized spacial score (nSPS) is 9.33. The first-order chi connectivity index (χ1) is 7.15. The number of terminal acetylenes is 1. The maximum absolute atomic E-state index is 10.8. The van der Waals surface area contributed by atoms with Gasteiger partial charge in [-0.15, -0.1) is 12.3 Å². The molecule has 15 heavy (non-hydrogen) atoms. The Morgan fingerprint density at radius 1 is 1.67 bits per heavy atom. The van der Waals surface area contributed by atoms with Crippen molar-refractivity contribution in [3.8, 4) is 18.2 Å². The average Bonchev–Trinajstić information content (AvgIpc) is 2.18. The highest BCUT2D eigenvalue weighted by Crippen LogP contribution is 2.18. The molecule has 0 radical (unpaired) electrons. The number of rotatable bonds is 4. The van der Waals surface area contributed by atoms with E-state index in [2.05, 4.69) is 10.9 Å². The molecule has 0 aliphatic heterocycles. The third-order valence-corrected chi connectivity index (χ3v) is 1.75. The van der Waals surface area contributed by atoms with E-state index in [0.29, 0.717) is 6.42 Å². The van der Waals surface area contributed by atoms with E-state index < -0.39 is 5.97 Å². The molecular weight excluding hydrogens is 218 g/mol. The van der Waals surface area contributed by atoms with Gasteiger partial charge in [0.1, 0.15) is 17.3 Å². The fourth-order valence-corrected chi connectivity index (χ4v) is 1.04. The second-order valence-electron chi connectivity index (χ2n) is 2.59. The molecular formula is C10H8ClNO3. The van der Waals surface area contributed by atoms with Crippen LogP contribution in [0.5, 0.6) is 5.88 Å². The third kappa shape index (κ3) is 3.15. The zero-order chi connectivity index (χ0) is 11.3. The summed E-state index contributed by atoms with van der Waals surface area (Å²) in [7, 11) is 0. The minimum atomic E-state index is -1.12. The Labute approximate surface area is 91.8 Å². The maximum Gasteiger partial charge on any atom is 0.341 e. The summed E-state index contributed by atoms with van der Waals surface area (Å²) >= 11 is 5.61. The molecule has 78 valence electrons. The molecule has 0 atom stereocenters. The van der Waals surface area contributed by atoms with Crippen molar-refractivity contribution in [3.05, 3.63) is 22.8 Å². The summed E-state index contributed by atoms with van der Waals surface area (Å²) in [5, 5.41) is 8.99. The lowest BCUT2D eigenvalue weighted by Crippen LogP contribution is -2.06. The summed E-state index contributed by atoms with van der Waals surface area (Å²) < 4.78 is 5.10. The molecule has 0 saturated carbocycles. The largest absolute Gasteiger partial charge is 0.477 e. The number of aromatic carboxylic acids is 1. The van der Waals surface area contributed by atoms with Gasteiger partial charge in [-0.25, -0.2) is 9.78 Å². The monoisotopic (exact) mass is 225 g/mol. The maximum atomic E-state index is 10.8. The van der Waals surface area contributed by atoms with Gasteiger partial charge in [-0.1, -0.05) is 11.6 Å². The van der Waals surface area contributed by atoms with Gasteiger partial charge in [-0.2, -0.15) is 0 Å². The molecule has 0 fully saturated rings. The van der Waals surface area contributed by atoms with Crippen LogP contribution in [0.3, 0.4) is 0 Å². The van der Waals surface area contributed by atoms with E-state index in [0.717, 1.165) is 0 Å². The van der Waals surface area contributed by atoms with Crippen LogP contribution in [0.15, 0.2) is 12.1 Å². The Bertz CT molecular complexity index is 412. The predicted molar refractivity (Wildman–Crippen MR) is 55.2 cm³/mol. The minimum absolute atomic E-state index is 0.00903. The molecule has 0 aliphatic rings. The average molecular weight is 226 g/mol. The molecule has 0 bridgehead atoms. The van der Waals surface area contributed by atoms with E-state index in [4.69, 9.17) is 27.9 Å². The van der Waals surface area contributed by atoms with Crippen molar-refractivity contribution in [1.29, 1.82) is 0 Å². The Balaban J connectivity index is 2.88. The third-order valence-electron chi connectivity index (χ3n) is 1.54. The summed E-state index contributed by atoms with van der Waals surface area (Å²) in [4.78, 5) is 14.5. The van der Waals surface area contributed by atoms with Gasteiger partial charge >= 0.3 is 5.97 Å². The van der Waals surface area contributed by atoms with Crippen LogP contribution in [0, 0.1) is 12.3 Å². The van der Waals surface area contributed by atoms with Gasteiger partial charge in [0.05, 0.1) is 0 Å². The van der Waals surface area contributed by atoms with Crippen LogP contribution in [-0.2, 0) is 0 Å². The molecule has 0 aromatic carbocycles. The van der Waals surface area contributed by atoms with Crippen LogP contribution in [0.25, 0.3) is 0 Å². The van der Waals surface area contributed by atoms with Gasteiger partial charge < -0.3 is 9.84 Å². The predicted octanol–water partition coefficient (Wildman–Crippen LogP) is 1.84. The molecule has 1 N–H and O–H groups in total. The van der Waals surface area contributed by atoms with E-state index in [1.54, 1.807) is 0 Å². The van der Waals surface area contributed by atoms with E-state index in [1.165, 1.54) is 12.1 Å². The fourth-order valence-electron chi connectivity index (χ4n) is 0.897. The molecule has 1 rings (SSSR count). The molecule has 0 unspecified atom stereocenters. The zero-order valence-corrected chi connectivity index (χ0v) is 8.49. The van der Waals surface area contributed by atoms with Crippen molar-refractivity contribution < 1.29 is 14.6 Å². The molecule has 0 aliphatic carbocycles.